The Kier molecular flexibility index (Phi) is 7.80. The van der Waals surface area contributed by atoms with Crippen LogP contribution in [0.25, 0.3) is 54.2 Å². The summed E-state index contributed by atoms with van der Waals surface area (Å²) in [6.07, 6.45) is 2.21. The molecule has 0 aliphatic rings. The molecule has 0 saturated carbocycles. The highest BCUT2D eigenvalue weighted by atomic mass is 32.1. The van der Waals surface area contributed by atoms with Crippen molar-refractivity contribution in [1.29, 1.82) is 0 Å². The van der Waals surface area contributed by atoms with E-state index in [1.807, 2.05) is 0 Å². The van der Waals surface area contributed by atoms with Crippen molar-refractivity contribution in [1.82, 2.24) is 0 Å². The van der Waals surface area contributed by atoms with Crippen LogP contribution in [0.5, 0.6) is 0 Å². The number of rotatable bonds is 6. The van der Waals surface area contributed by atoms with Crippen molar-refractivity contribution >= 4 is 101 Å². The molecule has 0 fully saturated rings. The second-order valence-electron chi connectivity index (χ2n) is 13.1. The minimum Gasteiger partial charge on any atom is -0.263 e. The molecule has 0 bridgehead atoms. The fraction of sp³-hybridized carbons (Fsp3) is 0.0208. The molecule has 8 aromatic carbocycles. The van der Waals surface area contributed by atoms with Crippen LogP contribution in [0.3, 0.4) is 0 Å². The highest BCUT2D eigenvalue weighted by Crippen LogP contribution is 2.34. The first-order valence-corrected chi connectivity index (χ1v) is 20.2. The van der Waals surface area contributed by atoms with Crippen LogP contribution in [0.2, 0.25) is 0 Å². The molecule has 9 rings (SSSR count). The molecule has 242 valence electrons. The molecule has 0 unspecified atom stereocenters. The van der Waals surface area contributed by atoms with E-state index in [2.05, 4.69) is 196 Å². The largest absolute Gasteiger partial charge is 0.263 e. The van der Waals surface area contributed by atoms with E-state index in [0.29, 0.717) is 0 Å². The number of benzene rings is 8. The van der Waals surface area contributed by atoms with Gasteiger partial charge in [-0.15, -0.1) is 11.3 Å². The fourth-order valence-corrected chi connectivity index (χ4v) is 14.3. The predicted octanol–water partition coefficient (Wildman–Crippen LogP) is 8.40. The Hall–Kier alpha value is -5.87. The molecule has 0 aliphatic carbocycles. The van der Waals surface area contributed by atoms with Gasteiger partial charge in [0.2, 0.25) is 0 Å². The van der Waals surface area contributed by atoms with Gasteiger partial charge >= 0.3 is 0 Å². The second-order valence-corrected chi connectivity index (χ2v) is 17.9. The van der Waals surface area contributed by atoms with Gasteiger partial charge < -0.3 is 0 Å². The first-order valence-electron chi connectivity index (χ1n) is 17.4. The molecule has 0 aliphatic heterocycles. The predicted molar refractivity (Wildman–Crippen MR) is 226 cm³/mol. The van der Waals surface area contributed by atoms with Crippen LogP contribution in [-0.4, -0.2) is 14.8 Å². The van der Waals surface area contributed by atoms with Crippen molar-refractivity contribution in [3.8, 4) is 0 Å². The molecule has 0 saturated heterocycles. The molecular weight excluding hydrogens is 651 g/mol. The number of aliphatic imine (C=N–C) groups is 1. The zero-order valence-electron chi connectivity index (χ0n) is 28.4. The summed E-state index contributed by atoms with van der Waals surface area (Å²) in [5, 5.41) is 15.5. The maximum atomic E-state index is 4.75. The summed E-state index contributed by atoms with van der Waals surface area (Å²) >= 11 is 1.79. The minimum atomic E-state index is -2.90. The van der Waals surface area contributed by atoms with Crippen LogP contribution >= 0.6 is 11.3 Å². The third kappa shape index (κ3) is 4.92. The summed E-state index contributed by atoms with van der Waals surface area (Å²) < 4.78 is 2.41. The second kappa shape index (κ2) is 12.8. The maximum absolute atomic E-state index is 4.75. The minimum absolute atomic E-state index is 0.922. The lowest BCUT2D eigenvalue weighted by Crippen LogP contribution is -2.74. The van der Waals surface area contributed by atoms with E-state index < -0.39 is 8.07 Å². The van der Waals surface area contributed by atoms with Gasteiger partial charge in [0, 0.05) is 15.6 Å². The van der Waals surface area contributed by atoms with E-state index >= 15 is 0 Å². The van der Waals surface area contributed by atoms with Crippen molar-refractivity contribution in [2.45, 2.75) is 6.92 Å². The van der Waals surface area contributed by atoms with Crippen LogP contribution in [0.15, 0.2) is 181 Å². The molecule has 0 N–H and O–H groups in total. The van der Waals surface area contributed by atoms with Gasteiger partial charge in [0.05, 0.1) is 10.2 Å². The molecule has 0 spiro atoms. The van der Waals surface area contributed by atoms with E-state index in [1.165, 1.54) is 68.4 Å². The zero-order chi connectivity index (χ0) is 34.4. The SMILES string of the molecule is C=N/C(c1cccc([Si](c2ccccc2)(c2ccccc2)c2ccc3c4ccccc4c4ccccc4c3c2)c1)=c1/sc2ccccc2/c1=C/C. The molecule has 51 heavy (non-hydrogen) atoms. The summed E-state index contributed by atoms with van der Waals surface area (Å²) in [4.78, 5) is 4.75. The average Bonchev–Trinajstić information content (AvgIpc) is 3.58. The number of hydrogen-bond donors (Lipinski definition) is 0. The van der Waals surface area contributed by atoms with Crippen LogP contribution in [-0.2, 0) is 0 Å². The highest BCUT2D eigenvalue weighted by molar-refractivity contribution is 7.20. The number of hydrogen-bond acceptors (Lipinski definition) is 2. The van der Waals surface area contributed by atoms with E-state index in [1.54, 1.807) is 11.3 Å². The molecule has 0 atom stereocenters. The molecule has 0 radical (unpaired) electrons. The molecule has 0 amide bonds. The normalized spacial score (nSPS) is 12.9. The molecule has 1 aromatic heterocycles. The summed E-state index contributed by atoms with van der Waals surface area (Å²) in [7, 11) is -2.90. The molecular formula is C48H35NSSi. The van der Waals surface area contributed by atoms with Gasteiger partial charge in [0.25, 0.3) is 0 Å². The average molecular weight is 686 g/mol. The van der Waals surface area contributed by atoms with Crippen molar-refractivity contribution in [3.63, 3.8) is 0 Å². The Morgan fingerprint density at radius 3 is 1.57 bits per heavy atom. The molecule has 3 heteroatoms. The van der Waals surface area contributed by atoms with Gasteiger partial charge in [-0.1, -0.05) is 176 Å². The summed E-state index contributed by atoms with van der Waals surface area (Å²) in [5.74, 6) is 0. The summed E-state index contributed by atoms with van der Waals surface area (Å²) in [6.45, 7) is 6.25. The van der Waals surface area contributed by atoms with Gasteiger partial charge in [-0.3, -0.25) is 4.99 Å². The van der Waals surface area contributed by atoms with Crippen molar-refractivity contribution < 1.29 is 0 Å². The summed E-state index contributed by atoms with van der Waals surface area (Å²) in [6, 6.07) is 65.1. The Morgan fingerprint density at radius 2 is 0.980 bits per heavy atom. The topological polar surface area (TPSA) is 12.4 Å². The van der Waals surface area contributed by atoms with Gasteiger partial charge in [-0.2, -0.15) is 0 Å². The smallest absolute Gasteiger partial charge is 0.179 e. The van der Waals surface area contributed by atoms with Crippen molar-refractivity contribution in [2.24, 2.45) is 4.99 Å². The van der Waals surface area contributed by atoms with Crippen LogP contribution in [0, 0.1) is 0 Å². The highest BCUT2D eigenvalue weighted by Gasteiger charge is 2.41. The Morgan fingerprint density at radius 1 is 0.490 bits per heavy atom. The van der Waals surface area contributed by atoms with E-state index in [-0.39, 0.29) is 0 Å². The zero-order valence-corrected chi connectivity index (χ0v) is 30.2. The van der Waals surface area contributed by atoms with Gasteiger partial charge in [0.1, 0.15) is 0 Å². The lowest BCUT2D eigenvalue weighted by molar-refractivity contribution is 1.49. The third-order valence-electron chi connectivity index (χ3n) is 10.5. The first-order chi connectivity index (χ1) is 25.2. The Bertz CT molecular complexity index is 2810. The van der Waals surface area contributed by atoms with E-state index in [9.17, 15) is 0 Å². The molecule has 9 aromatic rings. The standard InChI is InChI=1S/C48H35NSSi/c1-3-38-44-27-14-15-28-46(44)50-48(38)47(49-2)33-17-16-22-36(31-33)51(34-18-6-4-7-19-34,35-20-8-5-9-21-35)37-29-30-43-41-25-11-10-23-39(41)40-24-12-13-26-42(40)45(43)32-37/h3-32H,2H2,1H3/b38-3-,48-47+. The van der Waals surface area contributed by atoms with Crippen LogP contribution < -0.4 is 30.5 Å². The lowest BCUT2D eigenvalue weighted by Gasteiger charge is -2.35. The van der Waals surface area contributed by atoms with Gasteiger partial charge in [0.15, 0.2) is 8.07 Å². The Labute approximate surface area is 302 Å². The van der Waals surface area contributed by atoms with Crippen LogP contribution in [0.1, 0.15) is 12.5 Å². The Balaban J connectivity index is 1.40. The maximum Gasteiger partial charge on any atom is 0.179 e. The lowest BCUT2D eigenvalue weighted by atomic mass is 9.94. The number of nitrogens with zero attached hydrogens (tertiary/aromatic N) is 1. The monoisotopic (exact) mass is 685 g/mol. The number of thiophene rings is 1. The fourth-order valence-electron chi connectivity index (χ4n) is 8.24. The van der Waals surface area contributed by atoms with Crippen molar-refractivity contribution in [3.05, 3.63) is 191 Å². The summed E-state index contributed by atoms with van der Waals surface area (Å²) in [5.41, 5.74) is 2.00. The molecule has 1 nitrogen and oxygen atoms in total. The van der Waals surface area contributed by atoms with E-state index in [0.717, 1.165) is 15.8 Å². The van der Waals surface area contributed by atoms with Gasteiger partial charge in [-0.05, 0) is 78.0 Å². The van der Waals surface area contributed by atoms with Crippen LogP contribution in [0.4, 0.5) is 0 Å². The molecule has 1 heterocycles. The van der Waals surface area contributed by atoms with E-state index in [4.69, 9.17) is 4.99 Å². The third-order valence-corrected chi connectivity index (χ3v) is 16.4. The van der Waals surface area contributed by atoms with Gasteiger partial charge in [-0.25, -0.2) is 0 Å². The number of fused-ring (bicyclic) bond motifs is 7. The van der Waals surface area contributed by atoms with Crippen molar-refractivity contribution in [2.75, 3.05) is 0 Å². The first kappa shape index (κ1) is 31.1. The quantitative estimate of drug-likeness (QED) is 0.0722.